The van der Waals surface area contributed by atoms with E-state index < -0.39 is 17.0 Å². The van der Waals surface area contributed by atoms with Crippen molar-refractivity contribution >= 4 is 17.3 Å². The molecule has 2 heterocycles. The van der Waals surface area contributed by atoms with E-state index >= 15 is 0 Å². The van der Waals surface area contributed by atoms with Crippen molar-refractivity contribution in [2.75, 3.05) is 13.1 Å². The molecule has 1 aromatic rings. The molecule has 1 saturated heterocycles. The van der Waals surface area contributed by atoms with E-state index in [1.54, 1.807) is 17.5 Å². The highest BCUT2D eigenvalue weighted by molar-refractivity contribution is 7.10. The number of piperidine rings is 1. The molecule has 1 fully saturated rings. The van der Waals surface area contributed by atoms with Crippen LogP contribution in [0.15, 0.2) is 41.4 Å². The Kier molecular flexibility index (Phi) is 4.34. The van der Waals surface area contributed by atoms with Gasteiger partial charge >= 0.3 is 5.97 Å². The minimum atomic E-state index is -1.91. The van der Waals surface area contributed by atoms with E-state index in [4.69, 9.17) is 0 Å². The molecule has 0 spiro atoms. The van der Waals surface area contributed by atoms with Crippen molar-refractivity contribution in [1.82, 2.24) is 4.90 Å². The summed E-state index contributed by atoms with van der Waals surface area (Å²) in [4.78, 5) is 14.8. The van der Waals surface area contributed by atoms with Gasteiger partial charge in [-0.05, 0) is 43.2 Å². The summed E-state index contributed by atoms with van der Waals surface area (Å²) in [6.45, 7) is 3.87. The van der Waals surface area contributed by atoms with Gasteiger partial charge in [-0.3, -0.25) is 0 Å². The van der Waals surface area contributed by atoms with Crippen LogP contribution in [0.3, 0.4) is 0 Å². The van der Waals surface area contributed by atoms with Crippen LogP contribution in [-0.2, 0) is 10.4 Å². The van der Waals surface area contributed by atoms with Gasteiger partial charge in [0.25, 0.3) is 0 Å². The highest BCUT2D eigenvalue weighted by atomic mass is 32.1. The van der Waals surface area contributed by atoms with Crippen molar-refractivity contribution in [2.45, 2.75) is 38.2 Å². The molecule has 0 aromatic carbocycles. The SMILES string of the molecule is CC1(C(O)(C(=O)O)c2cccs2)C=CC=C(N2CCCCC2)C1. The molecule has 3 rings (SSSR count). The molecule has 124 valence electrons. The fraction of sp³-hybridized carbons (Fsp3) is 0.500. The number of aliphatic hydroxyl groups is 1. The minimum absolute atomic E-state index is 0.483. The number of likely N-dealkylation sites (tertiary alicyclic amines) is 1. The Labute approximate surface area is 140 Å². The molecule has 0 amide bonds. The van der Waals surface area contributed by atoms with Crippen LogP contribution in [0.1, 0.15) is 37.5 Å². The van der Waals surface area contributed by atoms with Crippen LogP contribution in [0, 0.1) is 5.41 Å². The largest absolute Gasteiger partial charge is 0.479 e. The summed E-state index contributed by atoms with van der Waals surface area (Å²) in [6.07, 6.45) is 9.93. The first kappa shape index (κ1) is 16.3. The van der Waals surface area contributed by atoms with Crippen molar-refractivity contribution in [3.63, 3.8) is 0 Å². The van der Waals surface area contributed by atoms with Crippen LogP contribution in [0.5, 0.6) is 0 Å². The van der Waals surface area contributed by atoms with Gasteiger partial charge in [0, 0.05) is 29.1 Å². The van der Waals surface area contributed by atoms with Crippen LogP contribution >= 0.6 is 11.3 Å². The van der Waals surface area contributed by atoms with Crippen molar-refractivity contribution < 1.29 is 15.0 Å². The summed E-state index contributed by atoms with van der Waals surface area (Å²) in [7, 11) is 0. The Morgan fingerprint density at radius 2 is 2.09 bits per heavy atom. The van der Waals surface area contributed by atoms with Crippen molar-refractivity contribution in [3.8, 4) is 0 Å². The number of carboxylic acids is 1. The first-order valence-electron chi connectivity index (χ1n) is 8.10. The predicted octanol–water partition coefficient (Wildman–Crippen LogP) is 3.36. The number of thiophene rings is 1. The average Bonchev–Trinajstić information content (AvgIpc) is 3.09. The summed E-state index contributed by atoms with van der Waals surface area (Å²) in [5.74, 6) is -1.19. The number of aliphatic carboxylic acids is 1. The first-order chi connectivity index (χ1) is 11.0. The lowest BCUT2D eigenvalue weighted by Gasteiger charge is -2.44. The lowest BCUT2D eigenvalue weighted by molar-refractivity contribution is -0.172. The van der Waals surface area contributed by atoms with E-state index in [0.29, 0.717) is 11.3 Å². The molecule has 2 unspecified atom stereocenters. The van der Waals surface area contributed by atoms with E-state index in [2.05, 4.69) is 11.0 Å². The highest BCUT2D eigenvalue weighted by Crippen LogP contribution is 2.49. The number of nitrogens with zero attached hydrogens (tertiary/aromatic N) is 1. The normalized spacial score (nSPS) is 27.4. The standard InChI is InChI=1S/C18H23NO3S/c1-17(18(22,16(20)21)15-8-6-12-23-15)9-5-7-14(13-17)19-10-3-2-4-11-19/h5-9,12,22H,2-4,10-11,13H2,1H3,(H,20,21). The maximum absolute atomic E-state index is 12.0. The summed E-state index contributed by atoms with van der Waals surface area (Å²) >= 11 is 1.29. The second kappa shape index (κ2) is 6.13. The van der Waals surface area contributed by atoms with Gasteiger partial charge in [0.2, 0.25) is 5.60 Å². The van der Waals surface area contributed by atoms with Crippen LogP contribution in [-0.4, -0.2) is 34.2 Å². The molecule has 1 aromatic heterocycles. The maximum atomic E-state index is 12.0. The summed E-state index contributed by atoms with van der Waals surface area (Å²) in [5, 5.41) is 22.8. The van der Waals surface area contributed by atoms with E-state index in [0.717, 1.165) is 18.8 Å². The third kappa shape index (κ3) is 2.72. The number of allylic oxidation sites excluding steroid dienone is 3. The average molecular weight is 333 g/mol. The molecule has 4 nitrogen and oxygen atoms in total. The van der Waals surface area contributed by atoms with Crippen LogP contribution in [0.25, 0.3) is 0 Å². The highest BCUT2D eigenvalue weighted by Gasteiger charge is 2.54. The summed E-state index contributed by atoms with van der Waals surface area (Å²) in [6, 6.07) is 3.49. The fourth-order valence-electron chi connectivity index (χ4n) is 3.63. The molecule has 1 aliphatic carbocycles. The summed E-state index contributed by atoms with van der Waals surface area (Å²) in [5.41, 5.74) is -1.65. The van der Waals surface area contributed by atoms with Crippen molar-refractivity contribution in [3.05, 3.63) is 46.3 Å². The molecule has 0 bridgehead atoms. The lowest BCUT2D eigenvalue weighted by Crippen LogP contribution is -2.50. The van der Waals surface area contributed by atoms with Gasteiger partial charge in [-0.25, -0.2) is 4.79 Å². The second-order valence-corrected chi connectivity index (χ2v) is 7.60. The Morgan fingerprint density at radius 3 is 2.70 bits per heavy atom. The molecule has 0 saturated carbocycles. The number of hydrogen-bond donors (Lipinski definition) is 2. The predicted molar refractivity (Wildman–Crippen MR) is 91.2 cm³/mol. The molecule has 2 atom stereocenters. The molecule has 2 N–H and O–H groups in total. The molecular weight excluding hydrogens is 310 g/mol. The minimum Gasteiger partial charge on any atom is -0.479 e. The van der Waals surface area contributed by atoms with Crippen LogP contribution in [0.2, 0.25) is 0 Å². The first-order valence-corrected chi connectivity index (χ1v) is 8.98. The Balaban J connectivity index is 1.93. The van der Waals surface area contributed by atoms with Crippen LogP contribution < -0.4 is 0 Å². The number of rotatable bonds is 4. The van der Waals surface area contributed by atoms with Gasteiger partial charge < -0.3 is 15.1 Å². The maximum Gasteiger partial charge on any atom is 0.342 e. The molecule has 23 heavy (non-hydrogen) atoms. The molecular formula is C18H23NO3S. The summed E-state index contributed by atoms with van der Waals surface area (Å²) < 4.78 is 0. The van der Waals surface area contributed by atoms with Crippen LogP contribution in [0.4, 0.5) is 0 Å². The smallest absolute Gasteiger partial charge is 0.342 e. The van der Waals surface area contributed by atoms with Gasteiger partial charge in [0.05, 0.1) is 0 Å². The van der Waals surface area contributed by atoms with E-state index in [1.807, 2.05) is 19.1 Å². The molecule has 0 radical (unpaired) electrons. The fourth-order valence-corrected chi connectivity index (χ4v) is 4.58. The van der Waals surface area contributed by atoms with E-state index in [9.17, 15) is 15.0 Å². The number of hydrogen-bond acceptors (Lipinski definition) is 4. The van der Waals surface area contributed by atoms with Gasteiger partial charge in [-0.2, -0.15) is 0 Å². The zero-order valence-electron chi connectivity index (χ0n) is 13.4. The third-order valence-electron chi connectivity index (χ3n) is 5.08. The zero-order valence-corrected chi connectivity index (χ0v) is 14.2. The monoisotopic (exact) mass is 333 g/mol. The Morgan fingerprint density at radius 1 is 1.35 bits per heavy atom. The van der Waals surface area contributed by atoms with Gasteiger partial charge in [-0.15, -0.1) is 11.3 Å². The third-order valence-corrected chi connectivity index (χ3v) is 6.06. The topological polar surface area (TPSA) is 60.8 Å². The van der Waals surface area contributed by atoms with Gasteiger partial charge in [-0.1, -0.05) is 25.1 Å². The quantitative estimate of drug-likeness (QED) is 0.887. The molecule has 2 aliphatic rings. The van der Waals surface area contributed by atoms with E-state index in [-0.39, 0.29) is 0 Å². The van der Waals surface area contributed by atoms with E-state index in [1.165, 1.54) is 30.6 Å². The van der Waals surface area contributed by atoms with Crippen molar-refractivity contribution in [1.29, 1.82) is 0 Å². The lowest BCUT2D eigenvalue weighted by atomic mass is 9.67. The van der Waals surface area contributed by atoms with Gasteiger partial charge in [0.15, 0.2) is 0 Å². The second-order valence-electron chi connectivity index (χ2n) is 6.65. The van der Waals surface area contributed by atoms with Crippen molar-refractivity contribution in [2.24, 2.45) is 5.41 Å². The zero-order chi connectivity index (χ0) is 16.5. The molecule has 1 aliphatic heterocycles. The number of carbonyl (C=O) groups is 1. The Bertz CT molecular complexity index is 631. The number of carboxylic acid groups (broad SMARTS) is 1. The Hall–Kier alpha value is -1.59. The molecule has 5 heteroatoms. The van der Waals surface area contributed by atoms with Gasteiger partial charge in [0.1, 0.15) is 0 Å².